The van der Waals surface area contributed by atoms with Crippen LogP contribution in [0.5, 0.6) is 5.75 Å². The van der Waals surface area contributed by atoms with Gasteiger partial charge in [-0.25, -0.2) is 4.79 Å². The van der Waals surface area contributed by atoms with E-state index in [0.29, 0.717) is 16.3 Å². The van der Waals surface area contributed by atoms with Crippen molar-refractivity contribution in [3.8, 4) is 17.0 Å². The lowest BCUT2D eigenvalue weighted by Gasteiger charge is -2.10. The average Bonchev–Trinajstić information content (AvgIpc) is 2.56. The third-order valence-corrected chi connectivity index (χ3v) is 3.45. The van der Waals surface area contributed by atoms with Crippen LogP contribution in [0.3, 0.4) is 0 Å². The Labute approximate surface area is 133 Å². The zero-order valence-corrected chi connectivity index (χ0v) is 12.3. The molecule has 1 aromatic heterocycles. The molecule has 0 amide bonds. The lowest BCUT2D eigenvalue weighted by Crippen LogP contribution is -2.09. The van der Waals surface area contributed by atoms with Crippen LogP contribution < -0.4 is 4.74 Å². The number of hydrogen-bond donors (Lipinski definition) is 0. The standard InChI is InChI=1S/C18H12ClNO2/c19-15-9-3-1-7-13(15)18(21)22-17-11-4-2-8-14(17)16-10-5-6-12-20-16/h1-12H. The molecule has 0 N–H and O–H groups in total. The predicted octanol–water partition coefficient (Wildman–Crippen LogP) is 4.62. The van der Waals surface area contributed by atoms with Crippen LogP contribution in [0.1, 0.15) is 10.4 Å². The van der Waals surface area contributed by atoms with Gasteiger partial charge in [0.25, 0.3) is 0 Å². The van der Waals surface area contributed by atoms with E-state index in [1.54, 1.807) is 36.5 Å². The summed E-state index contributed by atoms with van der Waals surface area (Å²) < 4.78 is 5.50. The first-order valence-electron chi connectivity index (χ1n) is 6.73. The molecular formula is C18H12ClNO2. The number of para-hydroxylation sites is 1. The van der Waals surface area contributed by atoms with E-state index < -0.39 is 5.97 Å². The van der Waals surface area contributed by atoms with E-state index in [2.05, 4.69) is 4.98 Å². The van der Waals surface area contributed by atoms with Crippen LogP contribution >= 0.6 is 11.6 Å². The van der Waals surface area contributed by atoms with Crippen LogP contribution in [0.4, 0.5) is 0 Å². The molecule has 0 aliphatic rings. The minimum Gasteiger partial charge on any atom is -0.422 e. The second kappa shape index (κ2) is 6.41. The summed E-state index contributed by atoms with van der Waals surface area (Å²) in [7, 11) is 0. The number of benzene rings is 2. The van der Waals surface area contributed by atoms with Crippen molar-refractivity contribution in [3.63, 3.8) is 0 Å². The smallest absolute Gasteiger partial charge is 0.345 e. The Morgan fingerprint density at radius 3 is 2.41 bits per heavy atom. The monoisotopic (exact) mass is 309 g/mol. The van der Waals surface area contributed by atoms with Gasteiger partial charge in [0.2, 0.25) is 0 Å². The number of carbonyl (C=O) groups excluding carboxylic acids is 1. The van der Waals surface area contributed by atoms with E-state index in [-0.39, 0.29) is 0 Å². The van der Waals surface area contributed by atoms with E-state index in [1.807, 2.05) is 36.4 Å². The highest BCUT2D eigenvalue weighted by Gasteiger charge is 2.15. The summed E-state index contributed by atoms with van der Waals surface area (Å²) in [4.78, 5) is 16.6. The van der Waals surface area contributed by atoms with E-state index in [0.717, 1.165) is 11.3 Å². The highest BCUT2D eigenvalue weighted by atomic mass is 35.5. The maximum absolute atomic E-state index is 12.3. The van der Waals surface area contributed by atoms with Crippen molar-refractivity contribution in [2.24, 2.45) is 0 Å². The summed E-state index contributed by atoms with van der Waals surface area (Å²) in [6.45, 7) is 0. The zero-order valence-electron chi connectivity index (χ0n) is 11.6. The van der Waals surface area contributed by atoms with Crippen molar-refractivity contribution < 1.29 is 9.53 Å². The van der Waals surface area contributed by atoms with E-state index >= 15 is 0 Å². The highest BCUT2D eigenvalue weighted by Crippen LogP contribution is 2.29. The van der Waals surface area contributed by atoms with Gasteiger partial charge in [-0.15, -0.1) is 0 Å². The number of carbonyl (C=O) groups is 1. The third kappa shape index (κ3) is 3.00. The largest absolute Gasteiger partial charge is 0.422 e. The van der Waals surface area contributed by atoms with Gasteiger partial charge in [0.05, 0.1) is 16.3 Å². The molecule has 22 heavy (non-hydrogen) atoms. The number of aromatic nitrogens is 1. The fourth-order valence-electron chi connectivity index (χ4n) is 2.07. The SMILES string of the molecule is O=C(Oc1ccccc1-c1ccccn1)c1ccccc1Cl. The molecule has 0 unspecified atom stereocenters. The number of nitrogens with zero attached hydrogens (tertiary/aromatic N) is 1. The van der Waals surface area contributed by atoms with Gasteiger partial charge in [0, 0.05) is 11.8 Å². The van der Waals surface area contributed by atoms with Crippen LogP contribution in [-0.2, 0) is 0 Å². The lowest BCUT2D eigenvalue weighted by molar-refractivity contribution is 0.0736. The van der Waals surface area contributed by atoms with Crippen LogP contribution in [0.15, 0.2) is 72.9 Å². The molecule has 3 aromatic rings. The number of hydrogen-bond acceptors (Lipinski definition) is 3. The molecule has 0 bridgehead atoms. The first-order valence-corrected chi connectivity index (χ1v) is 7.10. The Hall–Kier alpha value is -2.65. The van der Waals surface area contributed by atoms with Crippen molar-refractivity contribution in [1.29, 1.82) is 0 Å². The summed E-state index contributed by atoms with van der Waals surface area (Å²) in [5, 5.41) is 0.364. The number of esters is 1. The fourth-order valence-corrected chi connectivity index (χ4v) is 2.28. The molecule has 0 aliphatic carbocycles. The summed E-state index contributed by atoms with van der Waals surface area (Å²) in [6.07, 6.45) is 1.70. The van der Waals surface area contributed by atoms with Crippen molar-refractivity contribution in [3.05, 3.63) is 83.5 Å². The quantitative estimate of drug-likeness (QED) is 0.523. The molecule has 3 rings (SSSR count). The average molecular weight is 310 g/mol. The van der Waals surface area contributed by atoms with Crippen molar-refractivity contribution in [1.82, 2.24) is 4.98 Å². The van der Waals surface area contributed by atoms with Crippen LogP contribution in [-0.4, -0.2) is 11.0 Å². The van der Waals surface area contributed by atoms with E-state index in [9.17, 15) is 4.79 Å². The summed E-state index contributed by atoms with van der Waals surface area (Å²) in [6, 6.07) is 19.7. The molecule has 2 aromatic carbocycles. The maximum Gasteiger partial charge on any atom is 0.345 e. The molecule has 0 radical (unpaired) electrons. The lowest BCUT2D eigenvalue weighted by atomic mass is 10.1. The minimum atomic E-state index is -0.492. The molecule has 4 heteroatoms. The molecule has 108 valence electrons. The van der Waals surface area contributed by atoms with Gasteiger partial charge >= 0.3 is 5.97 Å². The first-order chi connectivity index (χ1) is 10.8. The van der Waals surface area contributed by atoms with Gasteiger partial charge in [-0.2, -0.15) is 0 Å². The number of pyridine rings is 1. The predicted molar refractivity (Wildman–Crippen MR) is 86.1 cm³/mol. The molecule has 0 spiro atoms. The number of rotatable bonds is 3. The zero-order chi connectivity index (χ0) is 15.4. The van der Waals surface area contributed by atoms with E-state index in [1.165, 1.54) is 0 Å². The van der Waals surface area contributed by atoms with Gasteiger partial charge in [-0.1, -0.05) is 41.9 Å². The Morgan fingerprint density at radius 1 is 0.909 bits per heavy atom. The maximum atomic E-state index is 12.3. The van der Waals surface area contributed by atoms with Gasteiger partial charge in [-0.3, -0.25) is 4.98 Å². The molecule has 1 heterocycles. The highest BCUT2D eigenvalue weighted by molar-refractivity contribution is 6.33. The van der Waals surface area contributed by atoms with Crippen LogP contribution in [0, 0.1) is 0 Å². The summed E-state index contributed by atoms with van der Waals surface area (Å²) in [5.74, 6) is -0.0416. The molecule has 0 saturated carbocycles. The Bertz CT molecular complexity index is 803. The second-order valence-electron chi connectivity index (χ2n) is 4.58. The molecule has 0 aliphatic heterocycles. The van der Waals surface area contributed by atoms with Crippen molar-refractivity contribution >= 4 is 17.6 Å². The molecule has 3 nitrogen and oxygen atoms in total. The molecule has 0 fully saturated rings. The van der Waals surface area contributed by atoms with Crippen LogP contribution in [0.2, 0.25) is 5.02 Å². The molecule has 0 saturated heterocycles. The number of ether oxygens (including phenoxy) is 1. The van der Waals surface area contributed by atoms with E-state index in [4.69, 9.17) is 16.3 Å². The van der Waals surface area contributed by atoms with Gasteiger partial charge in [0.15, 0.2) is 0 Å². The molecule has 0 atom stereocenters. The number of halogens is 1. The fraction of sp³-hybridized carbons (Fsp3) is 0. The Morgan fingerprint density at radius 2 is 1.64 bits per heavy atom. The van der Waals surface area contributed by atoms with Gasteiger partial charge in [-0.05, 0) is 36.4 Å². The summed E-state index contributed by atoms with van der Waals surface area (Å²) in [5.41, 5.74) is 1.83. The third-order valence-electron chi connectivity index (χ3n) is 3.12. The summed E-state index contributed by atoms with van der Waals surface area (Å²) >= 11 is 6.03. The topological polar surface area (TPSA) is 39.2 Å². The van der Waals surface area contributed by atoms with Crippen molar-refractivity contribution in [2.45, 2.75) is 0 Å². The Kier molecular flexibility index (Phi) is 4.17. The normalized spacial score (nSPS) is 10.2. The van der Waals surface area contributed by atoms with Gasteiger partial charge in [0.1, 0.15) is 5.75 Å². The van der Waals surface area contributed by atoms with Crippen molar-refractivity contribution in [2.75, 3.05) is 0 Å². The van der Waals surface area contributed by atoms with Gasteiger partial charge < -0.3 is 4.74 Å². The second-order valence-corrected chi connectivity index (χ2v) is 4.99. The first kappa shape index (κ1) is 14.3. The minimum absolute atomic E-state index is 0.333. The van der Waals surface area contributed by atoms with Crippen LogP contribution in [0.25, 0.3) is 11.3 Å². The molecular weight excluding hydrogens is 298 g/mol. The Balaban J connectivity index is 1.94.